The first-order valence-corrected chi connectivity index (χ1v) is 10.5. The van der Waals surface area contributed by atoms with Crippen LogP contribution >= 0.6 is 0 Å². The van der Waals surface area contributed by atoms with Gasteiger partial charge in [-0.25, -0.2) is 8.51 Å². The minimum atomic E-state index is -1.38. The molecule has 1 N–H and O–H groups in total. The molecule has 1 rings (SSSR count). The molecule has 5 nitrogen and oxygen atoms in total. The molecule has 1 heterocycles. The van der Waals surface area contributed by atoms with Crippen molar-refractivity contribution in [2.45, 2.75) is 70.8 Å². The predicted molar refractivity (Wildman–Crippen MR) is 105 cm³/mol. The normalized spacial score (nSPS) is 23.7. The number of nitrogens with zero attached hydrogens (tertiary/aromatic N) is 2. The van der Waals surface area contributed by atoms with Gasteiger partial charge in [0.1, 0.15) is 16.4 Å². The number of amides is 1. The zero-order valence-electron chi connectivity index (χ0n) is 16.6. The summed E-state index contributed by atoms with van der Waals surface area (Å²) >= 11 is 0. The molecular weight excluding hydrogens is 334 g/mol. The first-order chi connectivity index (χ1) is 11.7. The highest BCUT2D eigenvalue weighted by molar-refractivity contribution is 7.83. The van der Waals surface area contributed by atoms with Gasteiger partial charge in [0, 0.05) is 7.05 Å². The summed E-state index contributed by atoms with van der Waals surface area (Å²) in [5.41, 5.74) is 0. The fourth-order valence-electron chi connectivity index (χ4n) is 3.26. The largest absolute Gasteiger partial charge is 0.339 e. The fourth-order valence-corrected chi connectivity index (χ4v) is 4.95. The van der Waals surface area contributed by atoms with E-state index in [0.717, 1.165) is 32.2 Å². The molecular formula is C19H35N3O2S. The Morgan fingerprint density at radius 1 is 1.40 bits per heavy atom. The van der Waals surface area contributed by atoms with Gasteiger partial charge in [0.2, 0.25) is 5.91 Å². The van der Waals surface area contributed by atoms with Crippen LogP contribution in [-0.2, 0) is 15.8 Å². The Kier molecular flexibility index (Phi) is 9.12. The lowest BCUT2D eigenvalue weighted by atomic mass is 10.0. The van der Waals surface area contributed by atoms with Crippen LogP contribution in [-0.4, -0.2) is 57.4 Å². The van der Waals surface area contributed by atoms with Crippen LogP contribution in [0.15, 0.2) is 0 Å². The average Bonchev–Trinajstić information content (AvgIpc) is 2.58. The van der Waals surface area contributed by atoms with E-state index in [0.29, 0.717) is 0 Å². The number of piperidine rings is 1. The lowest BCUT2D eigenvalue weighted by Gasteiger charge is -2.35. The molecule has 0 aromatic rings. The van der Waals surface area contributed by atoms with Crippen LogP contribution in [0.4, 0.5) is 0 Å². The molecule has 144 valence electrons. The molecule has 1 saturated heterocycles. The van der Waals surface area contributed by atoms with Crippen LogP contribution in [0.25, 0.3) is 0 Å². The zero-order chi connectivity index (χ0) is 19.1. The van der Waals surface area contributed by atoms with Gasteiger partial charge < -0.3 is 5.32 Å². The monoisotopic (exact) mass is 369 g/mol. The van der Waals surface area contributed by atoms with Gasteiger partial charge in [-0.2, -0.15) is 0 Å². The average molecular weight is 370 g/mol. The second-order valence-electron chi connectivity index (χ2n) is 7.48. The van der Waals surface area contributed by atoms with Crippen LogP contribution < -0.4 is 5.32 Å². The molecule has 0 saturated carbocycles. The first kappa shape index (κ1) is 22.1. The third-order valence-corrected chi connectivity index (χ3v) is 7.03. The second kappa shape index (κ2) is 10.3. The molecule has 0 aromatic heterocycles. The summed E-state index contributed by atoms with van der Waals surface area (Å²) in [4.78, 5) is 14.9. The lowest BCUT2D eigenvalue weighted by molar-refractivity contribution is -0.127. The summed E-state index contributed by atoms with van der Waals surface area (Å²) in [6.07, 6.45) is 9.52. The Bertz CT molecular complexity index is 503. The third-order valence-electron chi connectivity index (χ3n) is 5.21. The van der Waals surface area contributed by atoms with Crippen molar-refractivity contribution in [1.29, 1.82) is 0 Å². The van der Waals surface area contributed by atoms with Crippen LogP contribution in [0.1, 0.15) is 53.4 Å². The van der Waals surface area contributed by atoms with E-state index in [1.54, 1.807) is 11.4 Å². The van der Waals surface area contributed by atoms with Crippen molar-refractivity contribution < 1.29 is 9.00 Å². The van der Waals surface area contributed by atoms with E-state index in [9.17, 15) is 9.00 Å². The molecule has 0 radical (unpaired) electrons. The zero-order valence-corrected chi connectivity index (χ0v) is 17.4. The van der Waals surface area contributed by atoms with Crippen molar-refractivity contribution in [1.82, 2.24) is 14.5 Å². The van der Waals surface area contributed by atoms with Crippen molar-refractivity contribution in [3.63, 3.8) is 0 Å². The maximum atomic E-state index is 13.2. The van der Waals surface area contributed by atoms with Crippen LogP contribution in [0.3, 0.4) is 0 Å². The highest BCUT2D eigenvalue weighted by Crippen LogP contribution is 2.20. The number of hydrogen-bond acceptors (Lipinski definition) is 3. The van der Waals surface area contributed by atoms with Gasteiger partial charge in [0.15, 0.2) is 0 Å². The number of carbonyl (C=O) groups excluding carboxylic acids is 1. The number of likely N-dealkylation sites (N-methyl/N-ethyl adjacent to an activating group) is 1. The van der Waals surface area contributed by atoms with Crippen molar-refractivity contribution in [3.8, 4) is 12.3 Å². The number of nitrogens with one attached hydrogen (secondary N) is 1. The second-order valence-corrected chi connectivity index (χ2v) is 9.12. The highest BCUT2D eigenvalue weighted by atomic mass is 32.2. The summed E-state index contributed by atoms with van der Waals surface area (Å²) in [6, 6.07) is -0.349. The molecule has 1 aliphatic rings. The van der Waals surface area contributed by atoms with Crippen molar-refractivity contribution in [2.75, 3.05) is 20.6 Å². The predicted octanol–water partition coefficient (Wildman–Crippen LogP) is 2.21. The number of likely N-dealkylation sites (tertiary alicyclic amines) is 1. The highest BCUT2D eigenvalue weighted by Gasteiger charge is 2.34. The van der Waals surface area contributed by atoms with Gasteiger partial charge in [0.05, 0.1) is 12.1 Å². The molecule has 6 heteroatoms. The Labute approximate surface area is 156 Å². The SMILES string of the molecule is C#C[C@H](C(C)C)N(C)S(=O)[C@@H](NC(=O)[C@H]1CCCCN1C)[C@@H](C)CC. The van der Waals surface area contributed by atoms with E-state index in [1.807, 2.05) is 27.8 Å². The van der Waals surface area contributed by atoms with E-state index in [4.69, 9.17) is 6.42 Å². The van der Waals surface area contributed by atoms with Crippen molar-refractivity contribution in [3.05, 3.63) is 0 Å². The van der Waals surface area contributed by atoms with Gasteiger partial charge in [-0.05, 0) is 38.3 Å². The van der Waals surface area contributed by atoms with Gasteiger partial charge in [-0.3, -0.25) is 9.69 Å². The quantitative estimate of drug-likeness (QED) is 0.668. The summed E-state index contributed by atoms with van der Waals surface area (Å²) in [6.45, 7) is 9.05. The molecule has 0 aromatic carbocycles. The summed E-state index contributed by atoms with van der Waals surface area (Å²) in [5, 5.41) is 2.65. The van der Waals surface area contributed by atoms with E-state index >= 15 is 0 Å². The van der Waals surface area contributed by atoms with Gasteiger partial charge in [0.25, 0.3) is 0 Å². The molecule has 1 unspecified atom stereocenters. The minimum Gasteiger partial charge on any atom is -0.339 e. The van der Waals surface area contributed by atoms with Gasteiger partial charge in [-0.1, -0.05) is 46.5 Å². The topological polar surface area (TPSA) is 52.7 Å². The number of carbonyl (C=O) groups is 1. The molecule has 0 spiro atoms. The molecule has 0 aliphatic carbocycles. The standard InChI is InChI=1S/C19H35N3O2S/c1-8-15(5)19(25(24)22(7)16(9-2)14(3)4)20-18(23)17-12-10-11-13-21(17)6/h2,14-17,19H,8,10-13H2,1,3-7H3,(H,20,23)/t15-,16+,17+,19+,25?/m0/s1. The molecule has 0 bridgehead atoms. The molecule has 1 amide bonds. The summed E-state index contributed by atoms with van der Waals surface area (Å²) < 4.78 is 14.9. The Morgan fingerprint density at radius 2 is 2.04 bits per heavy atom. The fraction of sp³-hybridized carbons (Fsp3) is 0.842. The van der Waals surface area contributed by atoms with Crippen molar-refractivity contribution >= 4 is 16.9 Å². The molecule has 1 aliphatic heterocycles. The minimum absolute atomic E-state index is 0.0175. The summed E-state index contributed by atoms with van der Waals surface area (Å²) in [5.74, 6) is 3.01. The third kappa shape index (κ3) is 5.80. The molecule has 5 atom stereocenters. The number of terminal acetylenes is 1. The van der Waals surface area contributed by atoms with Crippen LogP contribution in [0, 0.1) is 24.2 Å². The van der Waals surface area contributed by atoms with Crippen molar-refractivity contribution in [2.24, 2.45) is 11.8 Å². The van der Waals surface area contributed by atoms with Gasteiger partial charge in [-0.15, -0.1) is 6.42 Å². The first-order valence-electron chi connectivity index (χ1n) is 9.34. The number of hydrogen-bond donors (Lipinski definition) is 1. The lowest BCUT2D eigenvalue weighted by Crippen LogP contribution is -2.55. The molecule has 1 fully saturated rings. The van der Waals surface area contributed by atoms with E-state index in [-0.39, 0.29) is 29.8 Å². The number of rotatable bonds is 8. The smallest absolute Gasteiger partial charge is 0.238 e. The Hall–Kier alpha value is -0.900. The van der Waals surface area contributed by atoms with Gasteiger partial charge >= 0.3 is 0 Å². The van der Waals surface area contributed by atoms with Crippen LogP contribution in [0.5, 0.6) is 0 Å². The van der Waals surface area contributed by atoms with E-state index in [1.165, 1.54) is 0 Å². The molecule has 25 heavy (non-hydrogen) atoms. The Balaban J connectivity index is 2.91. The summed E-state index contributed by atoms with van der Waals surface area (Å²) in [7, 11) is 2.39. The maximum absolute atomic E-state index is 13.2. The van der Waals surface area contributed by atoms with E-state index < -0.39 is 16.4 Å². The van der Waals surface area contributed by atoms with E-state index in [2.05, 4.69) is 23.1 Å². The van der Waals surface area contributed by atoms with Crippen LogP contribution in [0.2, 0.25) is 0 Å². The Morgan fingerprint density at radius 3 is 2.52 bits per heavy atom. The maximum Gasteiger partial charge on any atom is 0.238 e.